The molecule has 2 bridgehead atoms. The third-order valence-corrected chi connectivity index (χ3v) is 5.85. The first kappa shape index (κ1) is 18.2. The maximum Gasteiger partial charge on any atom is 0.328 e. The number of fused-ring (bicyclic) bond motifs is 3. The molecule has 1 spiro atoms. The van der Waals surface area contributed by atoms with E-state index in [0.717, 1.165) is 24.1 Å². The number of carboxylic acids is 2. The molecule has 3 aliphatic rings. The lowest BCUT2D eigenvalue weighted by Crippen LogP contribution is -2.38. The summed E-state index contributed by atoms with van der Waals surface area (Å²) in [5.41, 5.74) is 7.66. The maximum atomic E-state index is 9.55. The van der Waals surface area contributed by atoms with Crippen LogP contribution in [0.25, 0.3) is 0 Å². The van der Waals surface area contributed by atoms with Gasteiger partial charge in [-0.05, 0) is 43.1 Å². The normalized spacial score (nSPS) is 31.7. The Morgan fingerprint density at radius 3 is 2.31 bits per heavy atom. The lowest BCUT2D eigenvalue weighted by molar-refractivity contribution is -0.134. The Bertz CT molecular complexity index is 727. The molecule has 2 saturated carbocycles. The highest BCUT2D eigenvalue weighted by Crippen LogP contribution is 2.63. The molecule has 0 aromatic heterocycles. The van der Waals surface area contributed by atoms with Crippen molar-refractivity contribution in [3.05, 3.63) is 48.0 Å². The minimum atomic E-state index is -1.26. The number of aliphatic carboxylic acids is 2. The maximum absolute atomic E-state index is 9.55. The van der Waals surface area contributed by atoms with Gasteiger partial charge in [-0.1, -0.05) is 30.3 Å². The van der Waals surface area contributed by atoms with Gasteiger partial charge >= 0.3 is 11.9 Å². The number of benzene rings is 1. The molecule has 6 heteroatoms. The molecule has 0 saturated heterocycles. The Hall–Kier alpha value is -2.63. The van der Waals surface area contributed by atoms with E-state index in [2.05, 4.69) is 30.3 Å². The van der Waals surface area contributed by atoms with E-state index in [4.69, 9.17) is 20.9 Å². The van der Waals surface area contributed by atoms with Crippen LogP contribution in [0.1, 0.15) is 43.6 Å². The van der Waals surface area contributed by atoms with Gasteiger partial charge in [-0.25, -0.2) is 9.59 Å². The van der Waals surface area contributed by atoms with Gasteiger partial charge in [0.05, 0.1) is 11.4 Å². The van der Waals surface area contributed by atoms with E-state index in [9.17, 15) is 9.59 Å². The second-order valence-corrected chi connectivity index (χ2v) is 7.26. The Labute approximate surface area is 152 Å². The molecule has 4 rings (SSSR count). The lowest BCUT2D eigenvalue weighted by Gasteiger charge is -2.39. The predicted molar refractivity (Wildman–Crippen MR) is 98.0 cm³/mol. The zero-order chi connectivity index (χ0) is 18.7. The SMILES string of the molecule is NC1=NC2(CC1)C1CCC(C1)C2c1ccccc1.O=C(O)C=CC(=O)O. The molecular weight excluding hydrogens is 332 g/mol. The van der Waals surface area contributed by atoms with E-state index in [1.807, 2.05) is 0 Å². The van der Waals surface area contributed by atoms with Gasteiger partial charge in [-0.15, -0.1) is 0 Å². The molecule has 1 aliphatic heterocycles. The fourth-order valence-electron chi connectivity index (χ4n) is 5.03. The molecule has 1 aromatic rings. The van der Waals surface area contributed by atoms with E-state index in [1.165, 1.54) is 31.2 Å². The third kappa shape index (κ3) is 3.49. The quantitative estimate of drug-likeness (QED) is 0.721. The summed E-state index contributed by atoms with van der Waals surface area (Å²) >= 11 is 0. The molecule has 1 aromatic carbocycles. The minimum absolute atomic E-state index is 0.161. The molecule has 0 amide bonds. The van der Waals surface area contributed by atoms with Crippen LogP contribution in [0.15, 0.2) is 47.5 Å². The molecule has 2 aliphatic carbocycles. The van der Waals surface area contributed by atoms with Crippen molar-refractivity contribution in [2.24, 2.45) is 22.6 Å². The minimum Gasteiger partial charge on any atom is -0.478 e. The molecule has 138 valence electrons. The highest BCUT2D eigenvalue weighted by molar-refractivity contribution is 5.89. The molecule has 2 fully saturated rings. The van der Waals surface area contributed by atoms with Crippen molar-refractivity contribution in [3.8, 4) is 0 Å². The number of carbonyl (C=O) groups is 2. The highest BCUT2D eigenvalue weighted by Gasteiger charge is 2.59. The third-order valence-electron chi connectivity index (χ3n) is 5.85. The van der Waals surface area contributed by atoms with Gasteiger partial charge in [0.2, 0.25) is 0 Å². The molecule has 4 unspecified atom stereocenters. The number of hydrogen-bond donors (Lipinski definition) is 3. The second kappa shape index (κ2) is 7.32. The van der Waals surface area contributed by atoms with Gasteiger partial charge in [-0.2, -0.15) is 0 Å². The predicted octanol–water partition coefficient (Wildman–Crippen LogP) is 2.80. The number of carboxylic acid groups (broad SMARTS) is 2. The van der Waals surface area contributed by atoms with E-state index >= 15 is 0 Å². The van der Waals surface area contributed by atoms with Gasteiger partial charge < -0.3 is 15.9 Å². The van der Waals surface area contributed by atoms with Crippen LogP contribution in [0.4, 0.5) is 0 Å². The molecular formula is C20H24N2O4. The second-order valence-electron chi connectivity index (χ2n) is 7.26. The Kier molecular flexibility index (Phi) is 5.11. The van der Waals surface area contributed by atoms with Gasteiger partial charge in [0.15, 0.2) is 0 Å². The first-order chi connectivity index (χ1) is 12.4. The number of aliphatic imine (C=N–C) groups is 1. The fourth-order valence-corrected chi connectivity index (χ4v) is 5.03. The van der Waals surface area contributed by atoms with Crippen molar-refractivity contribution in [1.82, 2.24) is 0 Å². The number of nitrogens with two attached hydrogens (primary N) is 1. The van der Waals surface area contributed by atoms with Crippen LogP contribution in [0.3, 0.4) is 0 Å². The molecule has 26 heavy (non-hydrogen) atoms. The summed E-state index contributed by atoms with van der Waals surface area (Å²) in [6.07, 6.45) is 7.43. The summed E-state index contributed by atoms with van der Waals surface area (Å²) < 4.78 is 0. The summed E-state index contributed by atoms with van der Waals surface area (Å²) in [5.74, 6) is 0.627. The van der Waals surface area contributed by atoms with Gasteiger partial charge in [0, 0.05) is 24.5 Å². The highest BCUT2D eigenvalue weighted by atomic mass is 16.4. The van der Waals surface area contributed by atoms with E-state index in [0.29, 0.717) is 18.1 Å². The van der Waals surface area contributed by atoms with Crippen LogP contribution in [0.2, 0.25) is 0 Å². The van der Waals surface area contributed by atoms with Crippen molar-refractivity contribution >= 4 is 17.8 Å². The molecule has 0 radical (unpaired) electrons. The molecule has 4 atom stereocenters. The monoisotopic (exact) mass is 356 g/mol. The first-order valence-corrected chi connectivity index (χ1v) is 8.95. The largest absolute Gasteiger partial charge is 0.478 e. The Balaban J connectivity index is 0.000000211. The zero-order valence-electron chi connectivity index (χ0n) is 14.5. The molecule has 6 nitrogen and oxygen atoms in total. The fraction of sp³-hybridized carbons (Fsp3) is 0.450. The topological polar surface area (TPSA) is 113 Å². The standard InChI is InChI=1S/C16H20N2.C4H4O4/c17-14-8-9-16(18-14)13-7-6-12(10-13)15(16)11-4-2-1-3-5-11;5-3(6)1-2-4(7)8/h1-5,12-13,15H,6-10H2,(H2,17,18);1-2H,(H,5,6)(H,7,8). The lowest BCUT2D eigenvalue weighted by atomic mass is 9.69. The summed E-state index contributed by atoms with van der Waals surface area (Å²) in [6.45, 7) is 0. The van der Waals surface area contributed by atoms with Gasteiger partial charge in [0.1, 0.15) is 0 Å². The van der Waals surface area contributed by atoms with E-state index in [-0.39, 0.29) is 5.54 Å². The molecule has 1 heterocycles. The Morgan fingerprint density at radius 1 is 1.12 bits per heavy atom. The van der Waals surface area contributed by atoms with Crippen molar-refractivity contribution in [2.45, 2.75) is 43.6 Å². The number of nitrogens with zero attached hydrogens (tertiary/aromatic N) is 1. The van der Waals surface area contributed by atoms with Crippen LogP contribution in [-0.4, -0.2) is 33.5 Å². The van der Waals surface area contributed by atoms with Crippen molar-refractivity contribution in [3.63, 3.8) is 0 Å². The first-order valence-electron chi connectivity index (χ1n) is 8.95. The van der Waals surface area contributed by atoms with Crippen LogP contribution >= 0.6 is 0 Å². The zero-order valence-corrected chi connectivity index (χ0v) is 14.5. The summed E-state index contributed by atoms with van der Waals surface area (Å²) in [7, 11) is 0. The van der Waals surface area contributed by atoms with Gasteiger partial charge in [0.25, 0.3) is 0 Å². The number of amidine groups is 1. The summed E-state index contributed by atoms with van der Waals surface area (Å²) in [6, 6.07) is 11.0. The van der Waals surface area contributed by atoms with Crippen molar-refractivity contribution in [1.29, 1.82) is 0 Å². The number of hydrogen-bond acceptors (Lipinski definition) is 4. The summed E-state index contributed by atoms with van der Waals surface area (Å²) in [4.78, 5) is 24.1. The number of rotatable bonds is 3. The van der Waals surface area contributed by atoms with Crippen molar-refractivity contribution in [2.75, 3.05) is 0 Å². The van der Waals surface area contributed by atoms with Gasteiger partial charge in [-0.3, -0.25) is 4.99 Å². The average Bonchev–Trinajstić information content (AvgIpc) is 3.30. The van der Waals surface area contributed by atoms with E-state index < -0.39 is 11.9 Å². The Morgan fingerprint density at radius 2 is 1.77 bits per heavy atom. The molecule has 4 N–H and O–H groups in total. The summed E-state index contributed by atoms with van der Waals surface area (Å²) in [5, 5.41) is 15.6. The van der Waals surface area contributed by atoms with E-state index in [1.54, 1.807) is 0 Å². The van der Waals surface area contributed by atoms with Crippen LogP contribution in [0.5, 0.6) is 0 Å². The van der Waals surface area contributed by atoms with Crippen LogP contribution in [-0.2, 0) is 9.59 Å². The average molecular weight is 356 g/mol. The smallest absolute Gasteiger partial charge is 0.328 e. The van der Waals surface area contributed by atoms with Crippen molar-refractivity contribution < 1.29 is 19.8 Å². The van der Waals surface area contributed by atoms with Crippen LogP contribution < -0.4 is 5.73 Å². The van der Waals surface area contributed by atoms with Crippen LogP contribution in [0, 0.1) is 11.8 Å².